The van der Waals surface area contributed by atoms with Gasteiger partial charge in [-0.1, -0.05) is 23.7 Å². The molecular formula is C26H19ClF6N6O3. The molecule has 0 saturated carbocycles. The Morgan fingerprint density at radius 1 is 0.929 bits per heavy atom. The quantitative estimate of drug-likeness (QED) is 0.219. The lowest BCUT2D eigenvalue weighted by Gasteiger charge is -2.14. The summed E-state index contributed by atoms with van der Waals surface area (Å²) >= 11 is 5.88. The second-order valence-corrected chi connectivity index (χ2v) is 8.98. The third-order valence-corrected chi connectivity index (χ3v) is 5.82. The number of hydrogen-bond donors (Lipinski definition) is 2. The highest BCUT2D eigenvalue weighted by Gasteiger charge is 2.43. The summed E-state index contributed by atoms with van der Waals surface area (Å²) in [4.78, 5) is 28.9. The van der Waals surface area contributed by atoms with Crippen molar-refractivity contribution in [2.75, 3.05) is 11.9 Å². The number of rotatable bonds is 8. The van der Waals surface area contributed by atoms with Crippen molar-refractivity contribution >= 4 is 29.1 Å². The minimum Gasteiger partial charge on any atom is -0.457 e. The number of nitrogens with one attached hydrogen (secondary N) is 2. The highest BCUT2D eigenvalue weighted by molar-refractivity contribution is 6.32. The van der Waals surface area contributed by atoms with Crippen molar-refractivity contribution in [1.82, 2.24) is 25.3 Å². The number of carbonyl (C=O) groups is 2. The van der Waals surface area contributed by atoms with Gasteiger partial charge in [0.15, 0.2) is 11.4 Å². The largest absolute Gasteiger partial charge is 0.457 e. The fourth-order valence-electron chi connectivity index (χ4n) is 3.57. The molecule has 220 valence electrons. The summed E-state index contributed by atoms with van der Waals surface area (Å²) in [5.74, 6) is -1.17. The molecule has 42 heavy (non-hydrogen) atoms. The van der Waals surface area contributed by atoms with Crippen molar-refractivity contribution in [3.8, 4) is 17.2 Å². The first-order valence-electron chi connectivity index (χ1n) is 12.0. The molecule has 0 saturated heterocycles. The molecule has 0 atom stereocenters. The molecule has 4 aromatic rings. The normalized spacial score (nSPS) is 11.7. The van der Waals surface area contributed by atoms with E-state index in [-0.39, 0.29) is 33.5 Å². The molecule has 0 aliphatic carbocycles. The first kappa shape index (κ1) is 30.3. The molecule has 2 N–H and O–H groups in total. The predicted octanol–water partition coefficient (Wildman–Crippen LogP) is 6.54. The zero-order chi connectivity index (χ0) is 30.7. The van der Waals surface area contributed by atoms with E-state index >= 15 is 0 Å². The minimum absolute atomic E-state index is 0.0366. The van der Waals surface area contributed by atoms with E-state index < -0.39 is 45.9 Å². The Kier molecular flexibility index (Phi) is 8.70. The van der Waals surface area contributed by atoms with Crippen molar-refractivity contribution in [1.29, 1.82) is 0 Å². The highest BCUT2D eigenvalue weighted by atomic mass is 35.5. The Bertz CT molecular complexity index is 1610. The first-order valence-corrected chi connectivity index (χ1v) is 12.4. The predicted molar refractivity (Wildman–Crippen MR) is 138 cm³/mol. The van der Waals surface area contributed by atoms with Crippen LogP contribution in [0.5, 0.6) is 11.5 Å². The number of halogens is 7. The van der Waals surface area contributed by atoms with Crippen LogP contribution in [0.2, 0.25) is 5.02 Å². The number of benzene rings is 2. The monoisotopic (exact) mass is 612 g/mol. The second-order valence-electron chi connectivity index (χ2n) is 8.57. The smallest absolute Gasteiger partial charge is 0.435 e. The molecule has 0 aliphatic rings. The summed E-state index contributed by atoms with van der Waals surface area (Å²) < 4.78 is 87.2. The number of carbonyl (C=O) groups excluding carboxylic acids is 2. The van der Waals surface area contributed by atoms with E-state index in [1.807, 2.05) is 6.92 Å². The molecule has 16 heteroatoms. The van der Waals surface area contributed by atoms with Gasteiger partial charge in [-0.2, -0.15) is 26.3 Å². The van der Waals surface area contributed by atoms with Gasteiger partial charge in [-0.25, -0.2) is 4.68 Å². The van der Waals surface area contributed by atoms with Crippen LogP contribution in [0, 0.1) is 0 Å². The van der Waals surface area contributed by atoms with E-state index in [1.165, 1.54) is 42.6 Å². The fraction of sp³-hybridized carbons (Fsp3) is 0.192. The maximum atomic E-state index is 14.0. The summed E-state index contributed by atoms with van der Waals surface area (Å²) in [7, 11) is 0. The van der Waals surface area contributed by atoms with Gasteiger partial charge in [0.05, 0.1) is 16.3 Å². The van der Waals surface area contributed by atoms with Crippen LogP contribution < -0.4 is 15.4 Å². The summed E-state index contributed by atoms with van der Waals surface area (Å²) in [6, 6.07) is 10.1. The van der Waals surface area contributed by atoms with Gasteiger partial charge >= 0.3 is 12.4 Å². The summed E-state index contributed by atoms with van der Waals surface area (Å²) in [6.45, 7) is 2.37. The van der Waals surface area contributed by atoms with E-state index in [0.29, 0.717) is 18.7 Å². The Balaban J connectivity index is 1.54. The first-order chi connectivity index (χ1) is 19.8. The zero-order valence-electron chi connectivity index (χ0n) is 21.3. The van der Waals surface area contributed by atoms with Crippen molar-refractivity contribution in [3.63, 3.8) is 0 Å². The lowest BCUT2D eigenvalue weighted by atomic mass is 10.2. The number of nitrogens with zero attached hydrogens (tertiary/aromatic N) is 4. The molecule has 4 rings (SSSR count). The van der Waals surface area contributed by atoms with Crippen molar-refractivity contribution in [2.45, 2.75) is 25.7 Å². The lowest BCUT2D eigenvalue weighted by Crippen LogP contribution is -2.24. The SMILES string of the molecule is CCCNC(=O)c1cc(Oc2ccc(NC(=O)c3nnn(-c4cc(C(F)(F)F)ccc4Cl)c3C(F)(F)F)cc2)ccn1. The summed E-state index contributed by atoms with van der Waals surface area (Å²) in [6.07, 6.45) is -8.01. The maximum Gasteiger partial charge on any atom is 0.435 e. The van der Waals surface area contributed by atoms with E-state index in [4.69, 9.17) is 16.3 Å². The summed E-state index contributed by atoms with van der Waals surface area (Å²) in [5, 5.41) is 11.0. The summed E-state index contributed by atoms with van der Waals surface area (Å²) in [5.41, 5.74) is -4.79. The van der Waals surface area contributed by atoms with Crippen LogP contribution in [0.1, 0.15) is 45.6 Å². The van der Waals surface area contributed by atoms with Crippen molar-refractivity contribution in [3.05, 3.63) is 88.5 Å². The zero-order valence-corrected chi connectivity index (χ0v) is 22.1. The number of pyridine rings is 1. The molecule has 0 radical (unpaired) electrons. The molecule has 0 spiro atoms. The average Bonchev–Trinajstić information content (AvgIpc) is 3.39. The standard InChI is InChI=1S/C26H19ClF6N6O3/c1-2-10-35-23(40)19-13-17(9-11-34-19)42-16-6-4-15(5-7-16)36-24(41)21-22(26(31,32)33)39(38-37-21)20-12-14(25(28,29)30)3-8-18(20)27/h3-9,11-13H,2,10H2,1H3,(H,35,40)(H,36,41). The number of hydrogen-bond acceptors (Lipinski definition) is 6. The van der Waals surface area contributed by atoms with Crippen LogP contribution in [-0.4, -0.2) is 38.3 Å². The number of alkyl halides is 6. The Labute approximate surface area is 238 Å². The van der Waals surface area contributed by atoms with Gasteiger partial charge in [-0.15, -0.1) is 5.10 Å². The number of aromatic nitrogens is 4. The molecule has 0 aliphatic heterocycles. The molecule has 2 heterocycles. The molecule has 0 bridgehead atoms. The number of ether oxygens (including phenoxy) is 1. The van der Waals surface area contributed by atoms with E-state index in [1.54, 1.807) is 0 Å². The van der Waals surface area contributed by atoms with Gasteiger partial charge in [0.25, 0.3) is 11.8 Å². The van der Waals surface area contributed by atoms with Crippen LogP contribution in [0.4, 0.5) is 32.0 Å². The van der Waals surface area contributed by atoms with E-state index in [9.17, 15) is 35.9 Å². The molecule has 9 nitrogen and oxygen atoms in total. The third-order valence-electron chi connectivity index (χ3n) is 5.50. The van der Waals surface area contributed by atoms with Crippen LogP contribution in [0.3, 0.4) is 0 Å². The van der Waals surface area contributed by atoms with Gasteiger partial charge in [-0.3, -0.25) is 14.6 Å². The van der Waals surface area contributed by atoms with Gasteiger partial charge in [0.2, 0.25) is 0 Å². The molecule has 2 aromatic heterocycles. The van der Waals surface area contributed by atoms with Crippen LogP contribution >= 0.6 is 11.6 Å². The maximum absolute atomic E-state index is 14.0. The van der Waals surface area contributed by atoms with Crippen LogP contribution in [0.25, 0.3) is 5.69 Å². The van der Waals surface area contributed by atoms with E-state index in [0.717, 1.165) is 12.5 Å². The fourth-order valence-corrected chi connectivity index (χ4v) is 3.77. The van der Waals surface area contributed by atoms with Gasteiger partial charge in [0.1, 0.15) is 17.2 Å². The molecule has 0 unspecified atom stereocenters. The Hall–Kier alpha value is -4.66. The molecule has 2 aromatic carbocycles. The van der Waals surface area contributed by atoms with Gasteiger partial charge < -0.3 is 15.4 Å². The van der Waals surface area contributed by atoms with Crippen molar-refractivity contribution in [2.24, 2.45) is 0 Å². The van der Waals surface area contributed by atoms with Gasteiger partial charge in [-0.05, 0) is 55.0 Å². The molecule has 0 fully saturated rings. The minimum atomic E-state index is -5.25. The van der Waals surface area contributed by atoms with Crippen molar-refractivity contribution < 1.29 is 40.7 Å². The number of amides is 2. The second kappa shape index (κ2) is 12.1. The Morgan fingerprint density at radius 3 is 2.29 bits per heavy atom. The molecular weight excluding hydrogens is 594 g/mol. The van der Waals surface area contributed by atoms with Crippen LogP contribution in [-0.2, 0) is 12.4 Å². The third kappa shape index (κ3) is 6.97. The topological polar surface area (TPSA) is 111 Å². The molecule has 2 amide bonds. The number of anilines is 1. The van der Waals surface area contributed by atoms with E-state index in [2.05, 4.69) is 25.9 Å². The van der Waals surface area contributed by atoms with Gasteiger partial charge in [0, 0.05) is 24.5 Å². The highest BCUT2D eigenvalue weighted by Crippen LogP contribution is 2.37. The Morgan fingerprint density at radius 2 is 1.64 bits per heavy atom. The average molecular weight is 613 g/mol. The lowest BCUT2D eigenvalue weighted by molar-refractivity contribution is -0.143. The van der Waals surface area contributed by atoms with Crippen LogP contribution in [0.15, 0.2) is 60.8 Å².